The average molecular weight is 266 g/mol. The first-order chi connectivity index (χ1) is 9.08. The zero-order chi connectivity index (χ0) is 13.8. The van der Waals surface area contributed by atoms with E-state index in [1.165, 1.54) is 32.1 Å². The summed E-state index contributed by atoms with van der Waals surface area (Å²) in [6, 6.07) is 0. The van der Waals surface area contributed by atoms with Gasteiger partial charge in [-0.05, 0) is 43.4 Å². The Morgan fingerprint density at radius 1 is 1.05 bits per heavy atom. The van der Waals surface area contributed by atoms with Crippen LogP contribution in [0.3, 0.4) is 0 Å². The lowest BCUT2D eigenvalue weighted by Crippen LogP contribution is -2.37. The van der Waals surface area contributed by atoms with E-state index in [2.05, 4.69) is 20.8 Å². The molecule has 0 unspecified atom stereocenters. The highest BCUT2D eigenvalue weighted by atomic mass is 16.5. The van der Waals surface area contributed by atoms with Gasteiger partial charge >= 0.3 is 5.97 Å². The minimum atomic E-state index is 0.101. The molecule has 0 saturated heterocycles. The van der Waals surface area contributed by atoms with Gasteiger partial charge < -0.3 is 4.74 Å². The number of hydrogen-bond donors (Lipinski definition) is 0. The van der Waals surface area contributed by atoms with E-state index in [9.17, 15) is 4.79 Å². The molecule has 0 heterocycles. The van der Waals surface area contributed by atoms with Crippen LogP contribution in [0.2, 0.25) is 0 Å². The first kappa shape index (κ1) is 14.9. The Morgan fingerprint density at radius 3 is 2.37 bits per heavy atom. The van der Waals surface area contributed by atoms with Crippen LogP contribution >= 0.6 is 0 Å². The zero-order valence-electron chi connectivity index (χ0n) is 12.9. The Hall–Kier alpha value is -0.530. The predicted molar refractivity (Wildman–Crippen MR) is 77.8 cm³/mol. The molecule has 2 aliphatic carbocycles. The Balaban J connectivity index is 1.92. The van der Waals surface area contributed by atoms with Gasteiger partial charge in [0.05, 0.1) is 5.92 Å². The molecule has 2 fully saturated rings. The first-order valence-electron chi connectivity index (χ1n) is 8.28. The molecule has 0 aromatic rings. The van der Waals surface area contributed by atoms with E-state index in [-0.39, 0.29) is 18.0 Å². The van der Waals surface area contributed by atoms with Crippen molar-refractivity contribution in [3.63, 3.8) is 0 Å². The maximum atomic E-state index is 12.3. The highest BCUT2D eigenvalue weighted by molar-refractivity contribution is 5.72. The van der Waals surface area contributed by atoms with E-state index < -0.39 is 0 Å². The molecule has 0 N–H and O–H groups in total. The van der Waals surface area contributed by atoms with E-state index in [1.54, 1.807) is 0 Å². The average Bonchev–Trinajstić information content (AvgIpc) is 2.39. The topological polar surface area (TPSA) is 26.3 Å². The van der Waals surface area contributed by atoms with E-state index in [4.69, 9.17) is 4.74 Å². The number of carbonyl (C=O) groups is 1. The smallest absolute Gasteiger partial charge is 0.309 e. The van der Waals surface area contributed by atoms with Crippen molar-refractivity contribution in [1.29, 1.82) is 0 Å². The Kier molecular flexibility index (Phi) is 5.29. The lowest BCUT2D eigenvalue weighted by Gasteiger charge is -2.37. The summed E-state index contributed by atoms with van der Waals surface area (Å²) in [6.45, 7) is 6.82. The maximum absolute atomic E-state index is 12.3. The summed E-state index contributed by atoms with van der Waals surface area (Å²) in [4.78, 5) is 12.3. The largest absolute Gasteiger partial charge is 0.462 e. The lowest BCUT2D eigenvalue weighted by molar-refractivity contribution is -0.162. The lowest BCUT2D eigenvalue weighted by atomic mass is 9.75. The highest BCUT2D eigenvalue weighted by Gasteiger charge is 2.35. The molecule has 0 aromatic carbocycles. The first-order valence-corrected chi connectivity index (χ1v) is 8.28. The zero-order valence-corrected chi connectivity index (χ0v) is 12.9. The van der Waals surface area contributed by atoms with Gasteiger partial charge in [0.2, 0.25) is 0 Å². The minimum Gasteiger partial charge on any atom is -0.462 e. The van der Waals surface area contributed by atoms with Gasteiger partial charge in [-0.15, -0.1) is 0 Å². The van der Waals surface area contributed by atoms with E-state index in [1.807, 2.05) is 0 Å². The van der Waals surface area contributed by atoms with Crippen molar-refractivity contribution in [2.75, 3.05) is 0 Å². The fourth-order valence-electron chi connectivity index (χ4n) is 3.83. The van der Waals surface area contributed by atoms with E-state index in [0.29, 0.717) is 17.8 Å². The quantitative estimate of drug-likeness (QED) is 0.699. The molecule has 110 valence electrons. The van der Waals surface area contributed by atoms with E-state index >= 15 is 0 Å². The molecule has 2 nitrogen and oxygen atoms in total. The van der Waals surface area contributed by atoms with Crippen LogP contribution in [0.1, 0.15) is 72.1 Å². The number of rotatable bonds is 3. The van der Waals surface area contributed by atoms with Crippen molar-refractivity contribution in [3.8, 4) is 0 Å². The van der Waals surface area contributed by atoms with E-state index in [0.717, 1.165) is 19.3 Å². The molecule has 0 aromatic heterocycles. The van der Waals surface area contributed by atoms with Crippen molar-refractivity contribution in [2.45, 2.75) is 78.2 Å². The summed E-state index contributed by atoms with van der Waals surface area (Å²) in [5.41, 5.74) is 0. The molecular formula is C17H30O2. The minimum absolute atomic E-state index is 0.101. The highest BCUT2D eigenvalue weighted by Crippen LogP contribution is 2.36. The van der Waals surface area contributed by atoms with Crippen LogP contribution in [0, 0.1) is 23.7 Å². The summed E-state index contributed by atoms with van der Waals surface area (Å²) in [5.74, 6) is 2.20. The maximum Gasteiger partial charge on any atom is 0.309 e. The third kappa shape index (κ3) is 3.97. The summed E-state index contributed by atoms with van der Waals surface area (Å²) in [6.07, 6.45) is 9.56. The molecule has 3 atom stereocenters. The molecule has 2 aliphatic rings. The number of esters is 1. The van der Waals surface area contributed by atoms with Crippen molar-refractivity contribution >= 4 is 5.97 Å². The fraction of sp³-hybridized carbons (Fsp3) is 0.941. The third-order valence-corrected chi connectivity index (χ3v) is 5.17. The van der Waals surface area contributed by atoms with Crippen LogP contribution < -0.4 is 0 Å². The Labute approximate surface area is 118 Å². The molecule has 0 aliphatic heterocycles. The van der Waals surface area contributed by atoms with Crippen LogP contribution in [-0.4, -0.2) is 12.1 Å². The van der Waals surface area contributed by atoms with Gasteiger partial charge in [0.1, 0.15) is 6.10 Å². The van der Waals surface area contributed by atoms with Crippen molar-refractivity contribution in [1.82, 2.24) is 0 Å². The molecule has 2 heteroatoms. The van der Waals surface area contributed by atoms with Crippen LogP contribution in [-0.2, 0) is 9.53 Å². The van der Waals surface area contributed by atoms with Gasteiger partial charge in [0.25, 0.3) is 0 Å². The second-order valence-electron chi connectivity index (χ2n) is 7.14. The summed E-state index contributed by atoms with van der Waals surface area (Å²) in [5, 5.41) is 0. The van der Waals surface area contributed by atoms with Crippen LogP contribution in [0.4, 0.5) is 0 Å². The molecule has 0 spiro atoms. The molecule has 2 rings (SSSR count). The second kappa shape index (κ2) is 6.76. The summed E-state index contributed by atoms with van der Waals surface area (Å²) >= 11 is 0. The van der Waals surface area contributed by atoms with Gasteiger partial charge in [-0.25, -0.2) is 0 Å². The molecule has 0 bridgehead atoms. The standard InChI is InChI=1S/C17H30O2/c1-12(2)15-10-9-13(3)11-16(15)19-17(18)14-7-5-4-6-8-14/h12-16H,4-11H2,1-3H3/t13-,15+,16-/m1/s1. The monoisotopic (exact) mass is 266 g/mol. The van der Waals surface area contributed by atoms with Crippen molar-refractivity contribution < 1.29 is 9.53 Å². The van der Waals surface area contributed by atoms with Crippen LogP contribution in [0.15, 0.2) is 0 Å². The Morgan fingerprint density at radius 2 is 1.74 bits per heavy atom. The van der Waals surface area contributed by atoms with Gasteiger partial charge in [-0.3, -0.25) is 4.79 Å². The SMILES string of the molecule is CC(C)[C@@H]1CC[C@@H](C)C[C@H]1OC(=O)C1CCCCC1. The van der Waals surface area contributed by atoms with Gasteiger partial charge in [-0.1, -0.05) is 46.5 Å². The summed E-state index contributed by atoms with van der Waals surface area (Å²) < 4.78 is 5.94. The third-order valence-electron chi connectivity index (χ3n) is 5.17. The molecule has 0 radical (unpaired) electrons. The van der Waals surface area contributed by atoms with Gasteiger partial charge in [-0.2, -0.15) is 0 Å². The number of hydrogen-bond acceptors (Lipinski definition) is 2. The van der Waals surface area contributed by atoms with Crippen molar-refractivity contribution in [3.05, 3.63) is 0 Å². The number of ether oxygens (including phenoxy) is 1. The second-order valence-corrected chi connectivity index (χ2v) is 7.14. The molecule has 0 amide bonds. The molecule has 19 heavy (non-hydrogen) atoms. The van der Waals surface area contributed by atoms with Gasteiger partial charge in [0.15, 0.2) is 0 Å². The molecule has 2 saturated carbocycles. The predicted octanol–water partition coefficient (Wildman–Crippen LogP) is 4.57. The normalized spacial score (nSPS) is 33.4. The summed E-state index contributed by atoms with van der Waals surface area (Å²) in [7, 11) is 0. The number of carbonyl (C=O) groups excluding carboxylic acids is 1. The van der Waals surface area contributed by atoms with Crippen molar-refractivity contribution in [2.24, 2.45) is 23.7 Å². The van der Waals surface area contributed by atoms with Crippen LogP contribution in [0.5, 0.6) is 0 Å². The molecular weight excluding hydrogens is 236 g/mol. The van der Waals surface area contributed by atoms with Gasteiger partial charge in [0, 0.05) is 0 Å². The Bertz CT molecular complexity index is 292. The van der Waals surface area contributed by atoms with Crippen LogP contribution in [0.25, 0.3) is 0 Å². The fourth-order valence-corrected chi connectivity index (χ4v) is 3.83.